The first-order chi connectivity index (χ1) is 15.9. The fourth-order valence-corrected chi connectivity index (χ4v) is 3.93. The lowest BCUT2D eigenvalue weighted by molar-refractivity contribution is 0.0659. The summed E-state index contributed by atoms with van der Waals surface area (Å²) in [5.74, 6) is -0.164. The first-order valence-corrected chi connectivity index (χ1v) is 10.6. The summed E-state index contributed by atoms with van der Waals surface area (Å²) < 4.78 is 19.5. The number of hydrogen-bond acceptors (Lipinski definition) is 5. The summed E-state index contributed by atoms with van der Waals surface area (Å²) in [6.07, 6.45) is 3.33. The number of likely N-dealkylation sites (N-methyl/N-ethyl adjacent to an activating group) is 1. The number of aryl methyl sites for hydroxylation is 1. The minimum atomic E-state index is -0.632. The molecule has 0 unspecified atom stereocenters. The Kier molecular flexibility index (Phi) is 6.37. The summed E-state index contributed by atoms with van der Waals surface area (Å²) in [4.78, 5) is 19.2. The topological polar surface area (TPSA) is 91.3 Å². The van der Waals surface area contributed by atoms with E-state index in [1.165, 1.54) is 17.0 Å². The Morgan fingerprint density at radius 2 is 2.06 bits per heavy atom. The van der Waals surface area contributed by atoms with Crippen molar-refractivity contribution in [2.75, 3.05) is 20.3 Å². The number of rotatable bonds is 7. The van der Waals surface area contributed by atoms with E-state index in [0.29, 0.717) is 34.6 Å². The van der Waals surface area contributed by atoms with Gasteiger partial charge in [0.15, 0.2) is 0 Å². The molecule has 0 bridgehead atoms. The van der Waals surface area contributed by atoms with Crippen LogP contribution in [0.3, 0.4) is 0 Å². The van der Waals surface area contributed by atoms with E-state index in [4.69, 9.17) is 4.74 Å². The molecule has 2 aromatic carbocycles. The molecule has 0 aliphatic carbocycles. The number of carbonyl (C=O) groups is 1. The largest absolute Gasteiger partial charge is 0.493 e. The average Bonchev–Trinajstić information content (AvgIpc) is 3.31. The average molecular weight is 448 g/mol. The van der Waals surface area contributed by atoms with Gasteiger partial charge in [0.05, 0.1) is 31.0 Å². The van der Waals surface area contributed by atoms with E-state index in [-0.39, 0.29) is 18.3 Å². The zero-order valence-electron chi connectivity index (χ0n) is 18.7. The summed E-state index contributed by atoms with van der Waals surface area (Å²) in [5.41, 5.74) is 3.95. The maximum Gasteiger partial charge on any atom is 0.254 e. The molecule has 0 saturated carbocycles. The highest BCUT2D eigenvalue weighted by Crippen LogP contribution is 2.33. The van der Waals surface area contributed by atoms with Crippen LogP contribution in [0.2, 0.25) is 0 Å². The lowest BCUT2D eigenvalue weighted by Crippen LogP contribution is -2.33. The van der Waals surface area contributed by atoms with Crippen molar-refractivity contribution in [2.45, 2.75) is 19.9 Å². The lowest BCUT2D eigenvalue weighted by atomic mass is 10.0. The Morgan fingerprint density at radius 1 is 1.24 bits per heavy atom. The van der Waals surface area contributed by atoms with Gasteiger partial charge in [-0.1, -0.05) is 12.1 Å². The summed E-state index contributed by atoms with van der Waals surface area (Å²) in [5, 5.41) is 18.0. The minimum absolute atomic E-state index is 0.291. The number of nitrogens with one attached hydrogen (secondary N) is 1. The molecular weight excluding hydrogens is 423 g/mol. The second-order valence-electron chi connectivity index (χ2n) is 7.73. The fraction of sp³-hybridized carbons (Fsp3) is 0.240. The van der Waals surface area contributed by atoms with E-state index in [1.807, 2.05) is 13.8 Å². The van der Waals surface area contributed by atoms with E-state index < -0.39 is 6.04 Å². The van der Waals surface area contributed by atoms with Crippen LogP contribution in [0.5, 0.6) is 5.75 Å². The van der Waals surface area contributed by atoms with Crippen LogP contribution >= 0.6 is 0 Å². The van der Waals surface area contributed by atoms with Crippen LogP contribution < -0.4 is 4.74 Å². The van der Waals surface area contributed by atoms with Crippen LogP contribution in [0.25, 0.3) is 22.0 Å². The second kappa shape index (κ2) is 9.38. The number of benzene rings is 2. The number of fused-ring (bicyclic) bond motifs is 1. The molecule has 0 radical (unpaired) electrons. The highest BCUT2D eigenvalue weighted by Gasteiger charge is 2.26. The number of pyridine rings is 1. The summed E-state index contributed by atoms with van der Waals surface area (Å²) in [6, 6.07) is 10.7. The molecule has 1 amide bonds. The van der Waals surface area contributed by atoms with Gasteiger partial charge in [0.2, 0.25) is 0 Å². The Labute approximate surface area is 190 Å². The van der Waals surface area contributed by atoms with Gasteiger partial charge in [-0.3, -0.25) is 14.9 Å². The molecule has 33 heavy (non-hydrogen) atoms. The zero-order chi connectivity index (χ0) is 23.5. The minimum Gasteiger partial charge on any atom is -0.493 e. The van der Waals surface area contributed by atoms with Gasteiger partial charge >= 0.3 is 0 Å². The molecule has 2 heterocycles. The van der Waals surface area contributed by atoms with E-state index in [9.17, 15) is 14.3 Å². The zero-order valence-corrected chi connectivity index (χ0v) is 18.7. The van der Waals surface area contributed by atoms with Crippen molar-refractivity contribution in [3.05, 3.63) is 77.5 Å². The first kappa shape index (κ1) is 22.4. The van der Waals surface area contributed by atoms with Crippen molar-refractivity contribution in [3.8, 4) is 16.9 Å². The molecule has 2 aromatic heterocycles. The van der Waals surface area contributed by atoms with Crippen LogP contribution in [0.15, 0.2) is 54.9 Å². The van der Waals surface area contributed by atoms with Gasteiger partial charge in [-0.15, -0.1) is 0 Å². The molecule has 0 fully saturated rings. The number of aromatic amines is 1. The van der Waals surface area contributed by atoms with Crippen LogP contribution in [0, 0.1) is 12.7 Å². The number of hydrogen-bond donors (Lipinski definition) is 2. The van der Waals surface area contributed by atoms with Gasteiger partial charge < -0.3 is 14.7 Å². The maximum atomic E-state index is 13.7. The third-order valence-electron chi connectivity index (χ3n) is 5.70. The van der Waals surface area contributed by atoms with E-state index in [0.717, 1.165) is 16.6 Å². The molecule has 0 spiro atoms. The monoisotopic (exact) mass is 448 g/mol. The predicted molar refractivity (Wildman–Crippen MR) is 124 cm³/mol. The summed E-state index contributed by atoms with van der Waals surface area (Å²) in [6.45, 7) is 3.82. The SMILES string of the molecule is CCOc1cc(C(=O)N(C)[C@@H](CO)c2cnc(C)c3cn[nH]c23)ccc1-c1cccc(F)c1. The van der Waals surface area contributed by atoms with Crippen molar-refractivity contribution >= 4 is 16.8 Å². The smallest absolute Gasteiger partial charge is 0.254 e. The van der Waals surface area contributed by atoms with Gasteiger partial charge in [-0.25, -0.2) is 4.39 Å². The first-order valence-electron chi connectivity index (χ1n) is 10.6. The number of carbonyl (C=O) groups excluding carboxylic acids is 1. The van der Waals surface area contributed by atoms with E-state index in [1.54, 1.807) is 49.8 Å². The number of aromatic nitrogens is 3. The fourth-order valence-electron chi connectivity index (χ4n) is 3.93. The second-order valence-corrected chi connectivity index (χ2v) is 7.73. The Morgan fingerprint density at radius 3 is 2.79 bits per heavy atom. The van der Waals surface area contributed by atoms with Gasteiger partial charge in [-0.2, -0.15) is 5.10 Å². The molecule has 0 saturated heterocycles. The van der Waals surface area contributed by atoms with E-state index in [2.05, 4.69) is 15.2 Å². The van der Waals surface area contributed by atoms with Gasteiger partial charge in [0.1, 0.15) is 11.6 Å². The lowest BCUT2D eigenvalue weighted by Gasteiger charge is -2.27. The molecule has 4 rings (SSSR count). The number of H-pyrrole nitrogens is 1. The molecule has 2 N–H and O–H groups in total. The quantitative estimate of drug-likeness (QED) is 0.440. The number of aliphatic hydroxyl groups excluding tert-OH is 1. The van der Waals surface area contributed by atoms with Crippen molar-refractivity contribution in [3.63, 3.8) is 0 Å². The van der Waals surface area contributed by atoms with Crippen molar-refractivity contribution < 1.29 is 19.0 Å². The number of halogens is 1. The van der Waals surface area contributed by atoms with Gasteiger partial charge in [-0.05, 0) is 49.7 Å². The van der Waals surface area contributed by atoms with E-state index >= 15 is 0 Å². The Hall–Kier alpha value is -3.78. The predicted octanol–water partition coefficient (Wildman–Crippen LogP) is 4.28. The third kappa shape index (κ3) is 4.29. The van der Waals surface area contributed by atoms with Gasteiger partial charge in [0, 0.05) is 41.0 Å². The van der Waals surface area contributed by atoms with Crippen LogP contribution in [0.4, 0.5) is 4.39 Å². The van der Waals surface area contributed by atoms with Crippen molar-refractivity contribution in [1.29, 1.82) is 0 Å². The normalized spacial score (nSPS) is 12.0. The molecule has 7 nitrogen and oxygen atoms in total. The third-order valence-corrected chi connectivity index (χ3v) is 5.70. The number of amides is 1. The van der Waals surface area contributed by atoms with Crippen molar-refractivity contribution in [1.82, 2.24) is 20.1 Å². The Bertz CT molecular complexity index is 1300. The number of aliphatic hydroxyl groups is 1. The number of nitrogens with zero attached hydrogens (tertiary/aromatic N) is 3. The molecule has 8 heteroatoms. The Balaban J connectivity index is 1.69. The van der Waals surface area contributed by atoms with Crippen LogP contribution in [-0.2, 0) is 0 Å². The highest BCUT2D eigenvalue weighted by atomic mass is 19.1. The van der Waals surface area contributed by atoms with Gasteiger partial charge in [0.25, 0.3) is 5.91 Å². The molecule has 4 aromatic rings. The molecule has 0 aliphatic heterocycles. The molecule has 1 atom stereocenters. The molecule has 170 valence electrons. The summed E-state index contributed by atoms with van der Waals surface area (Å²) >= 11 is 0. The maximum absolute atomic E-state index is 13.7. The molecular formula is C25H25FN4O3. The standard InChI is InChI=1S/C25H25FN4O3/c1-4-33-23-11-17(8-9-19(23)16-6-5-7-18(26)10-16)25(32)30(3)22(14-31)21-12-27-15(2)20-13-28-29-24(20)21/h5-13,22,31H,4,14H2,1-3H3,(H,28,29)/t22-/m0/s1. The van der Waals surface area contributed by atoms with Crippen molar-refractivity contribution in [2.24, 2.45) is 0 Å². The molecule has 0 aliphatic rings. The highest BCUT2D eigenvalue weighted by molar-refractivity contribution is 5.96. The number of ether oxygens (including phenoxy) is 1. The van der Waals surface area contributed by atoms with Crippen LogP contribution in [0.1, 0.15) is 34.6 Å². The van der Waals surface area contributed by atoms with Crippen LogP contribution in [-0.4, -0.2) is 51.4 Å². The summed E-state index contributed by atoms with van der Waals surface area (Å²) in [7, 11) is 1.63.